The van der Waals surface area contributed by atoms with Crippen LogP contribution in [0.4, 0.5) is 0 Å². The zero-order valence-corrected chi connectivity index (χ0v) is 34.8. The Labute approximate surface area is 319 Å². The Morgan fingerprint density at radius 2 is 0.627 bits per heavy atom. The van der Waals surface area contributed by atoms with E-state index in [-0.39, 0.29) is 6.61 Å². The van der Waals surface area contributed by atoms with Gasteiger partial charge in [0.15, 0.2) is 0 Å². The van der Waals surface area contributed by atoms with Gasteiger partial charge in [0, 0.05) is 0 Å². The number of carbonyl (C=O) groups is 1. The topological polar surface area (TPSA) is 89.8 Å². The molecular formula is C46H93NO4. The third-order valence-electron chi connectivity index (χ3n) is 11.2. The van der Waals surface area contributed by atoms with Crippen molar-refractivity contribution in [3.05, 3.63) is 0 Å². The molecule has 0 spiro atoms. The molecule has 0 aliphatic heterocycles. The van der Waals surface area contributed by atoms with Gasteiger partial charge in [0.25, 0.3) is 0 Å². The zero-order valence-electron chi connectivity index (χ0n) is 34.8. The first-order chi connectivity index (χ1) is 25.1. The molecule has 4 N–H and O–H groups in total. The molecule has 0 aliphatic rings. The van der Waals surface area contributed by atoms with Gasteiger partial charge >= 0.3 is 0 Å². The van der Waals surface area contributed by atoms with Crippen LogP contribution in [-0.2, 0) is 4.79 Å². The van der Waals surface area contributed by atoms with Crippen LogP contribution in [0.2, 0.25) is 0 Å². The van der Waals surface area contributed by atoms with Crippen molar-refractivity contribution in [3.63, 3.8) is 0 Å². The number of rotatable bonds is 43. The van der Waals surface area contributed by atoms with Crippen LogP contribution in [0.3, 0.4) is 0 Å². The molecule has 0 heterocycles. The average Bonchev–Trinajstić information content (AvgIpc) is 3.13. The normalized spacial score (nSPS) is 13.4. The predicted octanol–water partition coefficient (Wildman–Crippen LogP) is 13.4. The van der Waals surface area contributed by atoms with Gasteiger partial charge in [0.05, 0.1) is 18.8 Å². The number of hydrogen-bond donors (Lipinski definition) is 4. The maximum Gasteiger partial charge on any atom is 0.249 e. The standard InChI is InChI=1S/C46H93NO4/c1-3-5-7-9-11-13-14-15-16-17-18-19-20-21-22-23-24-25-26-27-28-29-30-31-33-35-37-39-41-45(50)46(51)47-43(42-48)44(49)40-38-36-34-32-12-10-8-6-4-2/h43-45,48-50H,3-42H2,1-2H3,(H,47,51). The van der Waals surface area contributed by atoms with E-state index in [1.54, 1.807) is 0 Å². The summed E-state index contributed by atoms with van der Waals surface area (Å²) in [7, 11) is 0. The lowest BCUT2D eigenvalue weighted by atomic mass is 10.0. The summed E-state index contributed by atoms with van der Waals surface area (Å²) < 4.78 is 0. The zero-order chi connectivity index (χ0) is 37.3. The molecule has 51 heavy (non-hydrogen) atoms. The molecular weight excluding hydrogens is 631 g/mol. The summed E-state index contributed by atoms with van der Waals surface area (Å²) in [5.74, 6) is -0.467. The molecule has 1 amide bonds. The van der Waals surface area contributed by atoms with Crippen LogP contribution in [0.25, 0.3) is 0 Å². The van der Waals surface area contributed by atoms with Crippen LogP contribution in [0.1, 0.15) is 264 Å². The summed E-state index contributed by atoms with van der Waals surface area (Å²) in [4.78, 5) is 12.4. The van der Waals surface area contributed by atoms with E-state index in [1.807, 2.05) is 0 Å². The fraction of sp³-hybridized carbons (Fsp3) is 0.978. The molecule has 0 aromatic carbocycles. The molecule has 5 nitrogen and oxygen atoms in total. The molecule has 3 unspecified atom stereocenters. The first-order valence-electron chi connectivity index (χ1n) is 23.3. The van der Waals surface area contributed by atoms with E-state index < -0.39 is 24.2 Å². The Hall–Kier alpha value is -0.650. The second-order valence-electron chi connectivity index (χ2n) is 16.3. The molecule has 0 fully saturated rings. The second kappa shape index (κ2) is 42.1. The number of aliphatic hydroxyl groups excluding tert-OH is 3. The number of amides is 1. The van der Waals surface area contributed by atoms with Gasteiger partial charge in [0.2, 0.25) is 5.91 Å². The molecule has 5 heteroatoms. The van der Waals surface area contributed by atoms with Gasteiger partial charge < -0.3 is 20.6 Å². The summed E-state index contributed by atoms with van der Waals surface area (Å²) in [5, 5.41) is 33.2. The van der Waals surface area contributed by atoms with Crippen LogP contribution in [-0.4, -0.2) is 46.1 Å². The highest BCUT2D eigenvalue weighted by atomic mass is 16.3. The largest absolute Gasteiger partial charge is 0.394 e. The Bertz CT molecular complexity index is 674. The summed E-state index contributed by atoms with van der Waals surface area (Å²) in [6.07, 6.45) is 48.5. The van der Waals surface area contributed by atoms with E-state index in [4.69, 9.17) is 0 Å². The molecule has 306 valence electrons. The van der Waals surface area contributed by atoms with Crippen molar-refractivity contribution in [3.8, 4) is 0 Å². The van der Waals surface area contributed by atoms with Crippen molar-refractivity contribution in [1.29, 1.82) is 0 Å². The highest BCUT2D eigenvalue weighted by molar-refractivity contribution is 5.80. The first-order valence-corrected chi connectivity index (χ1v) is 23.3. The van der Waals surface area contributed by atoms with Crippen molar-refractivity contribution in [2.45, 2.75) is 283 Å². The fourth-order valence-electron chi connectivity index (χ4n) is 7.55. The van der Waals surface area contributed by atoms with Gasteiger partial charge in [-0.3, -0.25) is 4.79 Å². The van der Waals surface area contributed by atoms with E-state index in [1.165, 1.54) is 205 Å². The molecule has 0 aromatic rings. The van der Waals surface area contributed by atoms with Gasteiger partial charge in [0.1, 0.15) is 6.10 Å². The van der Waals surface area contributed by atoms with E-state index in [0.29, 0.717) is 12.8 Å². The SMILES string of the molecule is CCCCCCCCCCCCCCCCCCCCCCCCCCCCCCC(O)C(=O)NC(CO)C(O)CCCCCCCCCCC. The summed E-state index contributed by atoms with van der Waals surface area (Å²) in [5.41, 5.74) is 0. The van der Waals surface area contributed by atoms with E-state index >= 15 is 0 Å². The molecule has 0 saturated carbocycles. The lowest BCUT2D eigenvalue weighted by Gasteiger charge is -2.23. The predicted molar refractivity (Wildman–Crippen MR) is 222 cm³/mol. The van der Waals surface area contributed by atoms with E-state index in [2.05, 4.69) is 19.2 Å². The Morgan fingerprint density at radius 3 is 0.882 bits per heavy atom. The van der Waals surface area contributed by atoms with Crippen LogP contribution >= 0.6 is 0 Å². The van der Waals surface area contributed by atoms with Crippen LogP contribution in [0.5, 0.6) is 0 Å². The van der Waals surface area contributed by atoms with Crippen molar-refractivity contribution in [2.24, 2.45) is 0 Å². The third-order valence-corrected chi connectivity index (χ3v) is 11.2. The van der Waals surface area contributed by atoms with Crippen LogP contribution in [0.15, 0.2) is 0 Å². The Morgan fingerprint density at radius 1 is 0.392 bits per heavy atom. The fourth-order valence-corrected chi connectivity index (χ4v) is 7.55. The molecule has 0 saturated heterocycles. The van der Waals surface area contributed by atoms with Gasteiger partial charge in [-0.1, -0.05) is 251 Å². The number of nitrogens with one attached hydrogen (secondary N) is 1. The number of unbranched alkanes of at least 4 members (excludes halogenated alkanes) is 35. The maximum absolute atomic E-state index is 12.4. The van der Waals surface area contributed by atoms with Gasteiger partial charge in [-0.25, -0.2) is 0 Å². The summed E-state index contributed by atoms with van der Waals surface area (Å²) in [6, 6.07) is -0.704. The third kappa shape index (κ3) is 37.5. The molecule has 0 rings (SSSR count). The molecule has 0 radical (unpaired) electrons. The van der Waals surface area contributed by atoms with E-state index in [9.17, 15) is 20.1 Å². The lowest BCUT2D eigenvalue weighted by molar-refractivity contribution is -0.131. The van der Waals surface area contributed by atoms with Crippen LogP contribution < -0.4 is 5.32 Å². The maximum atomic E-state index is 12.4. The molecule has 3 atom stereocenters. The van der Waals surface area contributed by atoms with Crippen molar-refractivity contribution >= 4 is 5.91 Å². The quantitative estimate of drug-likeness (QED) is 0.0472. The Kier molecular flexibility index (Phi) is 41.6. The van der Waals surface area contributed by atoms with Gasteiger partial charge in [-0.05, 0) is 12.8 Å². The molecule has 0 aromatic heterocycles. The van der Waals surface area contributed by atoms with Crippen LogP contribution in [0, 0.1) is 0 Å². The van der Waals surface area contributed by atoms with E-state index in [0.717, 1.165) is 32.1 Å². The van der Waals surface area contributed by atoms with Gasteiger partial charge in [-0.2, -0.15) is 0 Å². The highest BCUT2D eigenvalue weighted by Crippen LogP contribution is 2.17. The number of aliphatic hydroxyl groups is 3. The minimum atomic E-state index is -1.07. The summed E-state index contributed by atoms with van der Waals surface area (Å²) in [6.45, 7) is 4.22. The highest BCUT2D eigenvalue weighted by Gasteiger charge is 2.23. The van der Waals surface area contributed by atoms with Gasteiger partial charge in [-0.15, -0.1) is 0 Å². The minimum Gasteiger partial charge on any atom is -0.394 e. The Balaban J connectivity index is 3.44. The average molecular weight is 724 g/mol. The van der Waals surface area contributed by atoms with Crippen molar-refractivity contribution < 1.29 is 20.1 Å². The monoisotopic (exact) mass is 724 g/mol. The lowest BCUT2D eigenvalue weighted by Crippen LogP contribution is -2.49. The minimum absolute atomic E-state index is 0.309. The first kappa shape index (κ1) is 50.4. The smallest absolute Gasteiger partial charge is 0.249 e. The second-order valence-corrected chi connectivity index (χ2v) is 16.3. The molecule has 0 aliphatic carbocycles. The van der Waals surface area contributed by atoms with Crippen molar-refractivity contribution in [2.75, 3.05) is 6.61 Å². The summed E-state index contributed by atoms with van der Waals surface area (Å²) >= 11 is 0. The number of hydrogen-bond acceptors (Lipinski definition) is 4. The van der Waals surface area contributed by atoms with Crippen molar-refractivity contribution in [1.82, 2.24) is 5.32 Å². The number of carbonyl (C=O) groups excluding carboxylic acids is 1. The molecule has 0 bridgehead atoms.